The summed E-state index contributed by atoms with van der Waals surface area (Å²) in [5.74, 6) is -1.25. The van der Waals surface area contributed by atoms with Crippen LogP contribution in [0.4, 0.5) is 0 Å². The Balaban J connectivity index is 3.03. The van der Waals surface area contributed by atoms with Crippen molar-refractivity contribution in [2.24, 2.45) is 0 Å². The van der Waals surface area contributed by atoms with Crippen molar-refractivity contribution >= 4 is 5.97 Å². The predicted molar refractivity (Wildman–Crippen MR) is 69.4 cm³/mol. The monoisotopic (exact) mass is 292 g/mol. The molecule has 7 heteroatoms. The van der Waals surface area contributed by atoms with Crippen molar-refractivity contribution in [3.8, 4) is 0 Å². The minimum absolute atomic E-state index is 0.306. The maximum atomic E-state index is 11.3. The van der Waals surface area contributed by atoms with Gasteiger partial charge in [-0.1, -0.05) is 0 Å². The first kappa shape index (κ1) is 17.3. The smallest absolute Gasteiger partial charge is 0.335 e. The van der Waals surface area contributed by atoms with Crippen molar-refractivity contribution in [1.29, 1.82) is 0 Å². The van der Waals surface area contributed by atoms with E-state index in [0.29, 0.717) is 0 Å². The first-order valence-corrected chi connectivity index (χ1v) is 6.56. The molecule has 1 rings (SSSR count). The van der Waals surface area contributed by atoms with Crippen LogP contribution in [-0.2, 0) is 19.0 Å². The number of ether oxygens (including phenoxy) is 3. The lowest BCUT2D eigenvalue weighted by molar-refractivity contribution is -0.274. The Morgan fingerprint density at radius 3 is 2.20 bits per heavy atom. The molecule has 118 valence electrons. The minimum atomic E-state index is -1.37. The van der Waals surface area contributed by atoms with E-state index in [1.807, 2.05) is 0 Å². The van der Waals surface area contributed by atoms with Gasteiger partial charge in [-0.2, -0.15) is 0 Å². The molecule has 0 bridgehead atoms. The first-order chi connectivity index (χ1) is 9.11. The highest BCUT2D eigenvalue weighted by atomic mass is 16.6. The summed E-state index contributed by atoms with van der Waals surface area (Å²) in [5.41, 5.74) is -0.948. The zero-order valence-electron chi connectivity index (χ0n) is 12.4. The lowest BCUT2D eigenvalue weighted by Crippen LogP contribution is -2.65. The molecule has 0 spiro atoms. The molecular formula is C13H24O7. The quantitative estimate of drug-likeness (QED) is 0.643. The van der Waals surface area contributed by atoms with Gasteiger partial charge in [-0.05, 0) is 27.7 Å². The second kappa shape index (κ2) is 6.36. The number of carboxylic acid groups (broad SMARTS) is 1. The van der Waals surface area contributed by atoms with Gasteiger partial charge in [-0.15, -0.1) is 0 Å². The number of hydrogen-bond donors (Lipinski definition) is 3. The van der Waals surface area contributed by atoms with E-state index >= 15 is 0 Å². The summed E-state index contributed by atoms with van der Waals surface area (Å²) >= 11 is 0. The van der Waals surface area contributed by atoms with E-state index in [-0.39, 0.29) is 6.10 Å². The molecule has 0 aromatic carbocycles. The van der Waals surface area contributed by atoms with Gasteiger partial charge in [0.05, 0.1) is 11.7 Å². The second-order valence-electron chi connectivity index (χ2n) is 5.75. The van der Waals surface area contributed by atoms with Crippen molar-refractivity contribution in [3.05, 3.63) is 0 Å². The fourth-order valence-electron chi connectivity index (χ4n) is 2.22. The van der Waals surface area contributed by atoms with Crippen LogP contribution in [0, 0.1) is 0 Å². The molecule has 1 heterocycles. The highest BCUT2D eigenvalue weighted by Crippen LogP contribution is 2.31. The molecule has 1 aliphatic rings. The van der Waals surface area contributed by atoms with Crippen molar-refractivity contribution in [2.45, 2.75) is 69.9 Å². The van der Waals surface area contributed by atoms with Crippen LogP contribution < -0.4 is 0 Å². The van der Waals surface area contributed by atoms with Crippen LogP contribution in [0.3, 0.4) is 0 Å². The molecule has 5 atom stereocenters. The fourth-order valence-corrected chi connectivity index (χ4v) is 2.22. The molecule has 3 N–H and O–H groups in total. The van der Waals surface area contributed by atoms with E-state index in [1.165, 1.54) is 7.11 Å². The molecule has 0 radical (unpaired) electrons. The van der Waals surface area contributed by atoms with Crippen LogP contribution in [-0.4, -0.2) is 70.6 Å². The maximum absolute atomic E-state index is 11.3. The van der Waals surface area contributed by atoms with Crippen LogP contribution in [0.2, 0.25) is 0 Å². The van der Waals surface area contributed by atoms with Crippen LogP contribution in [0.15, 0.2) is 0 Å². The van der Waals surface area contributed by atoms with Crippen LogP contribution >= 0.6 is 0 Å². The van der Waals surface area contributed by atoms with E-state index in [9.17, 15) is 20.1 Å². The Hall–Kier alpha value is -0.730. The Bertz CT molecular complexity index is 342. The molecule has 2 unspecified atom stereocenters. The van der Waals surface area contributed by atoms with Gasteiger partial charge in [0.25, 0.3) is 0 Å². The topological polar surface area (TPSA) is 105 Å². The van der Waals surface area contributed by atoms with Gasteiger partial charge in [0.1, 0.15) is 24.4 Å². The van der Waals surface area contributed by atoms with Gasteiger partial charge in [0.2, 0.25) is 0 Å². The number of aliphatic hydroxyl groups is 2. The molecule has 0 saturated carbocycles. The first-order valence-electron chi connectivity index (χ1n) is 6.56. The number of hydrogen-bond acceptors (Lipinski definition) is 6. The maximum Gasteiger partial charge on any atom is 0.335 e. The van der Waals surface area contributed by atoms with E-state index in [2.05, 4.69) is 0 Å². The minimum Gasteiger partial charge on any atom is -0.479 e. The Kier molecular flexibility index (Phi) is 5.51. The number of methoxy groups -OCH3 is 1. The highest BCUT2D eigenvalue weighted by molar-refractivity contribution is 5.73. The zero-order valence-corrected chi connectivity index (χ0v) is 12.4. The van der Waals surface area contributed by atoms with Gasteiger partial charge in [-0.25, -0.2) is 4.79 Å². The van der Waals surface area contributed by atoms with Gasteiger partial charge in [-0.3, -0.25) is 0 Å². The lowest BCUT2D eigenvalue weighted by Gasteiger charge is -2.46. The molecule has 0 aromatic rings. The zero-order chi connectivity index (χ0) is 15.7. The largest absolute Gasteiger partial charge is 0.479 e. The van der Waals surface area contributed by atoms with Crippen molar-refractivity contribution in [1.82, 2.24) is 0 Å². The third kappa shape index (κ3) is 3.48. The number of carboxylic acids is 1. The molecule has 0 amide bonds. The van der Waals surface area contributed by atoms with Crippen LogP contribution in [0.25, 0.3) is 0 Å². The van der Waals surface area contributed by atoms with Gasteiger partial charge in [0, 0.05) is 7.11 Å². The van der Waals surface area contributed by atoms with Crippen molar-refractivity contribution in [3.63, 3.8) is 0 Å². The normalized spacial score (nSPS) is 35.3. The summed E-state index contributed by atoms with van der Waals surface area (Å²) in [7, 11) is 1.43. The fraction of sp³-hybridized carbons (Fsp3) is 0.923. The number of carbonyl (C=O) groups is 1. The SMILES string of the molecule is COC(C)(C)C1O[C@H](C(=O)O)[C@@H](OC(C)C)[C@H](O)C1O. The van der Waals surface area contributed by atoms with E-state index < -0.39 is 42.1 Å². The van der Waals surface area contributed by atoms with Crippen LogP contribution in [0.5, 0.6) is 0 Å². The third-order valence-corrected chi connectivity index (χ3v) is 3.47. The Morgan fingerprint density at radius 2 is 1.80 bits per heavy atom. The second-order valence-corrected chi connectivity index (χ2v) is 5.75. The van der Waals surface area contributed by atoms with Gasteiger partial charge >= 0.3 is 5.97 Å². The summed E-state index contributed by atoms with van der Waals surface area (Å²) < 4.78 is 16.0. The Labute approximate surface area is 118 Å². The summed E-state index contributed by atoms with van der Waals surface area (Å²) in [4.78, 5) is 11.3. The molecule has 1 saturated heterocycles. The van der Waals surface area contributed by atoms with E-state index in [1.54, 1.807) is 27.7 Å². The van der Waals surface area contributed by atoms with Gasteiger partial charge < -0.3 is 29.5 Å². The molecular weight excluding hydrogens is 268 g/mol. The Morgan fingerprint density at radius 1 is 1.25 bits per heavy atom. The van der Waals surface area contributed by atoms with Crippen LogP contribution in [0.1, 0.15) is 27.7 Å². The summed E-state index contributed by atoms with van der Waals surface area (Å²) in [5, 5.41) is 29.6. The number of rotatable bonds is 5. The van der Waals surface area contributed by atoms with E-state index in [0.717, 1.165) is 0 Å². The number of aliphatic hydroxyl groups excluding tert-OH is 2. The molecule has 0 aliphatic carbocycles. The van der Waals surface area contributed by atoms with Crippen molar-refractivity contribution in [2.75, 3.05) is 7.11 Å². The predicted octanol–water partition coefficient (Wildman–Crippen LogP) is -0.221. The molecule has 0 aromatic heterocycles. The highest BCUT2D eigenvalue weighted by Gasteiger charge is 2.53. The summed E-state index contributed by atoms with van der Waals surface area (Å²) in [6, 6.07) is 0. The summed E-state index contributed by atoms with van der Waals surface area (Å²) in [6.07, 6.45) is -6.45. The average molecular weight is 292 g/mol. The standard InChI is InChI=1S/C13H24O7/c1-6(2)19-9-7(14)8(15)11(13(3,4)18-5)20-10(9)12(16)17/h6-11,14-15H,1-5H3,(H,16,17)/t7-,8?,9+,10+,11?/m1/s1. The average Bonchev–Trinajstić information content (AvgIpc) is 2.34. The summed E-state index contributed by atoms with van der Waals surface area (Å²) in [6.45, 7) is 6.72. The van der Waals surface area contributed by atoms with E-state index in [4.69, 9.17) is 14.2 Å². The molecule has 1 aliphatic heterocycles. The van der Waals surface area contributed by atoms with Crippen molar-refractivity contribution < 1.29 is 34.3 Å². The van der Waals surface area contributed by atoms with Gasteiger partial charge in [0.15, 0.2) is 6.10 Å². The molecule has 1 fully saturated rings. The number of aliphatic carboxylic acids is 1. The lowest BCUT2D eigenvalue weighted by atomic mass is 9.86. The molecule has 7 nitrogen and oxygen atoms in total. The molecule has 20 heavy (non-hydrogen) atoms. The third-order valence-electron chi connectivity index (χ3n) is 3.47.